The van der Waals surface area contributed by atoms with Crippen molar-refractivity contribution in [2.45, 2.75) is 13.5 Å². The molecule has 18 heavy (non-hydrogen) atoms. The van der Waals surface area contributed by atoms with Crippen molar-refractivity contribution >= 4 is 11.4 Å². The molecule has 1 heterocycles. The Hall–Kier alpha value is -2.50. The van der Waals surface area contributed by atoms with Gasteiger partial charge in [0.05, 0.1) is 4.92 Å². The van der Waals surface area contributed by atoms with Crippen LogP contribution in [0.3, 0.4) is 0 Å². The summed E-state index contributed by atoms with van der Waals surface area (Å²) in [5, 5.41) is 13.9. The highest BCUT2D eigenvalue weighted by atomic mass is 16.6. The normalized spacial score (nSPS) is 10.1. The zero-order valence-corrected chi connectivity index (χ0v) is 9.83. The van der Waals surface area contributed by atoms with Gasteiger partial charge in [0, 0.05) is 30.6 Å². The number of aromatic nitrogens is 2. The van der Waals surface area contributed by atoms with Gasteiger partial charge in [-0.2, -0.15) is 0 Å². The van der Waals surface area contributed by atoms with Crippen molar-refractivity contribution in [3.63, 3.8) is 0 Å². The summed E-state index contributed by atoms with van der Waals surface area (Å²) in [5.41, 5.74) is 2.40. The van der Waals surface area contributed by atoms with E-state index in [9.17, 15) is 10.1 Å². The number of nitro benzene ring substituents is 1. The summed E-state index contributed by atoms with van der Waals surface area (Å²) in [6.45, 7) is 2.34. The van der Waals surface area contributed by atoms with Gasteiger partial charge in [-0.25, -0.2) is 9.97 Å². The minimum atomic E-state index is -0.400. The molecule has 0 atom stereocenters. The van der Waals surface area contributed by atoms with E-state index in [1.807, 2.05) is 6.92 Å². The molecule has 0 aliphatic heterocycles. The zero-order valence-electron chi connectivity index (χ0n) is 9.83. The van der Waals surface area contributed by atoms with Gasteiger partial charge >= 0.3 is 0 Å². The van der Waals surface area contributed by atoms with E-state index >= 15 is 0 Å². The quantitative estimate of drug-likeness (QED) is 0.659. The van der Waals surface area contributed by atoms with Gasteiger partial charge in [0.15, 0.2) is 0 Å². The number of hydrogen-bond donors (Lipinski definition) is 1. The maximum atomic E-state index is 10.9. The lowest BCUT2D eigenvalue weighted by Crippen LogP contribution is -2.03. The van der Waals surface area contributed by atoms with Gasteiger partial charge in [0.1, 0.15) is 12.0 Å². The van der Waals surface area contributed by atoms with Crippen molar-refractivity contribution in [1.29, 1.82) is 0 Å². The molecule has 0 radical (unpaired) electrons. The molecule has 1 N–H and O–H groups in total. The maximum Gasteiger partial charge on any atom is 0.292 e. The SMILES string of the molecule is Cc1ccc([N+](=O)[O-])c(NCc2cncnc2)c1. The van der Waals surface area contributed by atoms with E-state index in [2.05, 4.69) is 15.3 Å². The van der Waals surface area contributed by atoms with Crippen LogP contribution in [-0.2, 0) is 6.54 Å². The first-order valence-electron chi connectivity index (χ1n) is 5.39. The first kappa shape index (κ1) is 12.0. The minimum absolute atomic E-state index is 0.0671. The van der Waals surface area contributed by atoms with Crippen molar-refractivity contribution in [1.82, 2.24) is 9.97 Å². The number of nitro groups is 1. The number of hydrogen-bond acceptors (Lipinski definition) is 5. The Balaban J connectivity index is 2.18. The summed E-state index contributed by atoms with van der Waals surface area (Å²) >= 11 is 0. The maximum absolute atomic E-state index is 10.9. The summed E-state index contributed by atoms with van der Waals surface area (Å²) in [7, 11) is 0. The number of nitrogens with zero attached hydrogens (tertiary/aromatic N) is 3. The van der Waals surface area contributed by atoms with Crippen molar-refractivity contribution in [3.8, 4) is 0 Å². The van der Waals surface area contributed by atoms with Crippen LogP contribution < -0.4 is 5.32 Å². The van der Waals surface area contributed by atoms with Gasteiger partial charge in [0.2, 0.25) is 0 Å². The molecule has 0 saturated heterocycles. The van der Waals surface area contributed by atoms with Crippen LogP contribution >= 0.6 is 0 Å². The molecule has 2 aromatic rings. The highest BCUT2D eigenvalue weighted by Crippen LogP contribution is 2.25. The number of rotatable bonds is 4. The molecule has 0 spiro atoms. The largest absolute Gasteiger partial charge is 0.375 e. The second-order valence-electron chi connectivity index (χ2n) is 3.88. The summed E-state index contributed by atoms with van der Waals surface area (Å²) in [6.07, 6.45) is 4.78. The first-order chi connectivity index (χ1) is 8.66. The minimum Gasteiger partial charge on any atom is -0.375 e. The van der Waals surface area contributed by atoms with Gasteiger partial charge in [-0.3, -0.25) is 10.1 Å². The topological polar surface area (TPSA) is 81.0 Å². The van der Waals surface area contributed by atoms with Gasteiger partial charge in [-0.15, -0.1) is 0 Å². The standard InChI is InChI=1S/C12H12N4O2/c1-9-2-3-12(16(17)18)11(4-9)15-7-10-5-13-8-14-6-10/h2-6,8,15H,7H2,1H3. The lowest BCUT2D eigenvalue weighted by atomic mass is 10.2. The average molecular weight is 244 g/mol. The molecule has 92 valence electrons. The third-order valence-electron chi connectivity index (χ3n) is 2.45. The molecule has 6 heteroatoms. The second kappa shape index (κ2) is 5.22. The van der Waals surface area contributed by atoms with Crippen molar-refractivity contribution < 1.29 is 4.92 Å². The van der Waals surface area contributed by atoms with Gasteiger partial charge in [-0.1, -0.05) is 6.07 Å². The molecule has 0 saturated carbocycles. The molecule has 0 aliphatic carbocycles. The van der Waals surface area contributed by atoms with Crippen molar-refractivity contribution in [2.75, 3.05) is 5.32 Å². The third kappa shape index (κ3) is 2.79. The van der Waals surface area contributed by atoms with E-state index in [1.165, 1.54) is 12.4 Å². The molecule has 1 aromatic carbocycles. The smallest absolute Gasteiger partial charge is 0.292 e. The number of aryl methyl sites for hydroxylation is 1. The molecule has 0 aliphatic rings. The van der Waals surface area contributed by atoms with E-state index in [4.69, 9.17) is 0 Å². The Morgan fingerprint density at radius 3 is 2.72 bits per heavy atom. The summed E-state index contributed by atoms with van der Waals surface area (Å²) in [5.74, 6) is 0. The summed E-state index contributed by atoms with van der Waals surface area (Å²) in [6, 6.07) is 4.97. The van der Waals surface area contributed by atoms with Crippen LogP contribution in [0.1, 0.15) is 11.1 Å². The lowest BCUT2D eigenvalue weighted by molar-refractivity contribution is -0.384. The van der Waals surface area contributed by atoms with Crippen LogP contribution in [0, 0.1) is 17.0 Å². The molecule has 0 unspecified atom stereocenters. The highest BCUT2D eigenvalue weighted by molar-refractivity contribution is 5.62. The van der Waals surface area contributed by atoms with E-state index in [0.717, 1.165) is 11.1 Å². The van der Waals surface area contributed by atoms with Crippen molar-refractivity contribution in [2.24, 2.45) is 0 Å². The predicted molar refractivity (Wildman–Crippen MR) is 67.2 cm³/mol. The fraction of sp³-hybridized carbons (Fsp3) is 0.167. The summed E-state index contributed by atoms with van der Waals surface area (Å²) in [4.78, 5) is 18.3. The van der Waals surface area contributed by atoms with Crippen LogP contribution in [0.2, 0.25) is 0 Å². The third-order valence-corrected chi connectivity index (χ3v) is 2.45. The molecular formula is C12H12N4O2. The van der Waals surface area contributed by atoms with Gasteiger partial charge in [0.25, 0.3) is 5.69 Å². The van der Waals surface area contributed by atoms with Crippen LogP contribution in [0.5, 0.6) is 0 Å². The van der Waals surface area contributed by atoms with E-state index in [-0.39, 0.29) is 5.69 Å². The average Bonchev–Trinajstić information content (AvgIpc) is 2.37. The number of nitrogens with one attached hydrogen (secondary N) is 1. The monoisotopic (exact) mass is 244 g/mol. The van der Waals surface area contributed by atoms with E-state index in [1.54, 1.807) is 24.5 Å². The summed E-state index contributed by atoms with van der Waals surface area (Å²) < 4.78 is 0. The first-order valence-corrected chi connectivity index (χ1v) is 5.39. The molecule has 0 bridgehead atoms. The molecular weight excluding hydrogens is 232 g/mol. The fourth-order valence-corrected chi connectivity index (χ4v) is 1.57. The number of benzene rings is 1. The molecule has 0 amide bonds. The van der Waals surface area contributed by atoms with Crippen LogP contribution in [0.15, 0.2) is 36.9 Å². The Labute approximate surface area is 104 Å². The molecule has 6 nitrogen and oxygen atoms in total. The van der Waals surface area contributed by atoms with Gasteiger partial charge in [-0.05, 0) is 18.6 Å². The number of anilines is 1. The highest BCUT2D eigenvalue weighted by Gasteiger charge is 2.12. The zero-order chi connectivity index (χ0) is 13.0. The molecule has 0 fully saturated rings. The van der Waals surface area contributed by atoms with E-state index < -0.39 is 4.92 Å². The van der Waals surface area contributed by atoms with E-state index in [0.29, 0.717) is 12.2 Å². The Morgan fingerprint density at radius 2 is 2.06 bits per heavy atom. The molecule has 2 rings (SSSR count). The van der Waals surface area contributed by atoms with Crippen LogP contribution in [0.25, 0.3) is 0 Å². The Morgan fingerprint density at radius 1 is 1.33 bits per heavy atom. The van der Waals surface area contributed by atoms with Crippen LogP contribution in [-0.4, -0.2) is 14.9 Å². The molecule has 1 aromatic heterocycles. The van der Waals surface area contributed by atoms with Gasteiger partial charge < -0.3 is 5.32 Å². The second-order valence-corrected chi connectivity index (χ2v) is 3.88. The Kier molecular flexibility index (Phi) is 3.47. The van der Waals surface area contributed by atoms with Crippen molar-refractivity contribution in [3.05, 3.63) is 58.2 Å². The predicted octanol–water partition coefficient (Wildman–Crippen LogP) is 2.31. The fourth-order valence-electron chi connectivity index (χ4n) is 1.57. The Bertz CT molecular complexity index is 557. The van der Waals surface area contributed by atoms with Crippen LogP contribution in [0.4, 0.5) is 11.4 Å². The lowest BCUT2D eigenvalue weighted by Gasteiger charge is -2.07.